The molecule has 2 aromatic carbocycles. The van der Waals surface area contributed by atoms with Gasteiger partial charge in [-0.3, -0.25) is 14.5 Å². The lowest BCUT2D eigenvalue weighted by Crippen LogP contribution is -2.42. The van der Waals surface area contributed by atoms with Crippen LogP contribution in [0.1, 0.15) is 12.5 Å². The quantitative estimate of drug-likeness (QED) is 0.547. The molecule has 1 saturated heterocycles. The summed E-state index contributed by atoms with van der Waals surface area (Å²) < 4.78 is 4.62. The Morgan fingerprint density at radius 3 is 2.33 bits per heavy atom. The number of carbonyl (C=O) groups is 3. The fraction of sp³-hybridized carbons (Fsp3) is 0.150. The minimum atomic E-state index is -0.946. The van der Waals surface area contributed by atoms with Crippen molar-refractivity contribution in [3.05, 3.63) is 65.1 Å². The fourth-order valence-electron chi connectivity index (χ4n) is 2.50. The third kappa shape index (κ3) is 4.43. The summed E-state index contributed by atoms with van der Waals surface area (Å²) in [5.41, 5.74) is 0.809. The van der Waals surface area contributed by atoms with E-state index in [0.29, 0.717) is 4.91 Å². The van der Waals surface area contributed by atoms with Crippen LogP contribution < -0.4 is 0 Å². The highest BCUT2D eigenvalue weighted by atomic mass is 32.2. The van der Waals surface area contributed by atoms with Crippen molar-refractivity contribution in [3.63, 3.8) is 0 Å². The number of esters is 1. The Bertz CT molecular complexity index is 894. The van der Waals surface area contributed by atoms with E-state index < -0.39 is 23.2 Å². The number of rotatable bonds is 5. The van der Waals surface area contributed by atoms with Gasteiger partial charge in [-0.2, -0.15) is 0 Å². The number of hydrogen-bond acceptors (Lipinski definition) is 6. The summed E-state index contributed by atoms with van der Waals surface area (Å²) in [6.07, 6.45) is 1.66. The highest BCUT2D eigenvalue weighted by molar-refractivity contribution is 8.18. The summed E-state index contributed by atoms with van der Waals surface area (Å²) in [7, 11) is 1.22. The molecule has 1 fully saturated rings. The molecule has 2 amide bonds. The van der Waals surface area contributed by atoms with Crippen molar-refractivity contribution in [2.75, 3.05) is 7.11 Å². The van der Waals surface area contributed by atoms with Crippen LogP contribution in [0.3, 0.4) is 0 Å². The maximum absolute atomic E-state index is 12.5. The summed E-state index contributed by atoms with van der Waals surface area (Å²) in [6.45, 7) is 1.47. The molecule has 0 radical (unpaired) electrons. The Hall–Kier alpha value is -2.51. The Kier molecular flexibility index (Phi) is 6.03. The molecule has 0 aliphatic carbocycles. The standard InChI is InChI=1S/C20H17NO4S2/c1-13(19(23)25-2)21-18(22)17(27-20(21)24)12-14-8-10-16(11-9-14)26-15-6-4-3-5-7-15/h3-13H,1-2H3/b17-12+. The van der Waals surface area contributed by atoms with Crippen molar-refractivity contribution in [1.82, 2.24) is 4.90 Å². The van der Waals surface area contributed by atoms with Gasteiger partial charge in [0.25, 0.3) is 11.1 Å². The molecule has 0 spiro atoms. The second kappa shape index (κ2) is 8.45. The van der Waals surface area contributed by atoms with Crippen molar-refractivity contribution < 1.29 is 19.1 Å². The number of amides is 2. The van der Waals surface area contributed by atoms with Crippen LogP contribution in [0.4, 0.5) is 4.79 Å². The van der Waals surface area contributed by atoms with Gasteiger partial charge in [0.15, 0.2) is 0 Å². The highest BCUT2D eigenvalue weighted by Gasteiger charge is 2.41. The number of nitrogens with zero attached hydrogens (tertiary/aromatic N) is 1. The zero-order chi connectivity index (χ0) is 19.4. The van der Waals surface area contributed by atoms with Gasteiger partial charge in [-0.05, 0) is 54.6 Å². The minimum absolute atomic E-state index is 0.291. The van der Waals surface area contributed by atoms with E-state index in [1.165, 1.54) is 14.0 Å². The summed E-state index contributed by atoms with van der Waals surface area (Å²) in [5, 5.41) is -0.472. The van der Waals surface area contributed by atoms with E-state index in [-0.39, 0.29) is 0 Å². The maximum Gasteiger partial charge on any atom is 0.328 e. The average molecular weight is 399 g/mol. The summed E-state index contributed by atoms with van der Waals surface area (Å²) >= 11 is 2.47. The van der Waals surface area contributed by atoms with E-state index in [0.717, 1.165) is 32.0 Å². The minimum Gasteiger partial charge on any atom is -0.467 e. The molecule has 27 heavy (non-hydrogen) atoms. The van der Waals surface area contributed by atoms with Gasteiger partial charge in [-0.25, -0.2) is 4.79 Å². The van der Waals surface area contributed by atoms with Crippen LogP contribution in [-0.4, -0.2) is 35.2 Å². The number of methoxy groups -OCH3 is 1. The van der Waals surface area contributed by atoms with E-state index in [9.17, 15) is 14.4 Å². The SMILES string of the molecule is COC(=O)C(C)N1C(=O)S/C(=C/c2ccc(Sc3ccccc3)cc2)C1=O. The predicted octanol–water partition coefficient (Wildman–Crippen LogP) is 4.44. The Balaban J connectivity index is 1.74. The molecule has 1 aliphatic heterocycles. The molecule has 7 heteroatoms. The topological polar surface area (TPSA) is 63.7 Å². The molecule has 3 rings (SSSR count). The van der Waals surface area contributed by atoms with Crippen molar-refractivity contribution in [1.29, 1.82) is 0 Å². The monoisotopic (exact) mass is 399 g/mol. The molecule has 0 aromatic heterocycles. The van der Waals surface area contributed by atoms with Crippen LogP contribution in [-0.2, 0) is 14.3 Å². The van der Waals surface area contributed by atoms with Crippen molar-refractivity contribution in [2.24, 2.45) is 0 Å². The number of hydrogen-bond donors (Lipinski definition) is 0. The lowest BCUT2D eigenvalue weighted by atomic mass is 10.2. The second-order valence-electron chi connectivity index (χ2n) is 5.73. The van der Waals surface area contributed by atoms with Crippen LogP contribution in [0, 0.1) is 0 Å². The van der Waals surface area contributed by atoms with Crippen LogP contribution >= 0.6 is 23.5 Å². The Morgan fingerprint density at radius 1 is 1.07 bits per heavy atom. The van der Waals surface area contributed by atoms with E-state index in [1.807, 2.05) is 54.6 Å². The number of ether oxygens (including phenoxy) is 1. The van der Waals surface area contributed by atoms with E-state index in [4.69, 9.17) is 0 Å². The molecule has 1 unspecified atom stereocenters. The Labute approximate surface area is 165 Å². The molecule has 1 aliphatic rings. The second-order valence-corrected chi connectivity index (χ2v) is 7.88. The van der Waals surface area contributed by atoms with Crippen molar-refractivity contribution in [3.8, 4) is 0 Å². The predicted molar refractivity (Wildman–Crippen MR) is 106 cm³/mol. The molecule has 138 valence electrons. The summed E-state index contributed by atoms with van der Waals surface area (Å²) in [4.78, 5) is 39.7. The lowest BCUT2D eigenvalue weighted by molar-refractivity contribution is -0.148. The normalized spacial score (nSPS) is 16.7. The van der Waals surface area contributed by atoms with Gasteiger partial charge in [0, 0.05) is 9.79 Å². The molecular weight excluding hydrogens is 382 g/mol. The van der Waals surface area contributed by atoms with Crippen LogP contribution in [0.15, 0.2) is 69.3 Å². The first-order valence-corrected chi connectivity index (χ1v) is 9.81. The first-order valence-electron chi connectivity index (χ1n) is 8.17. The third-order valence-corrected chi connectivity index (χ3v) is 5.81. The first-order chi connectivity index (χ1) is 13.0. The molecule has 2 aromatic rings. The van der Waals surface area contributed by atoms with Gasteiger partial charge in [-0.15, -0.1) is 0 Å². The number of thioether (sulfide) groups is 1. The zero-order valence-electron chi connectivity index (χ0n) is 14.7. The number of carbonyl (C=O) groups excluding carboxylic acids is 3. The summed E-state index contributed by atoms with van der Waals surface area (Å²) in [5.74, 6) is -1.11. The highest BCUT2D eigenvalue weighted by Crippen LogP contribution is 2.34. The fourth-order valence-corrected chi connectivity index (χ4v) is 4.24. The molecule has 0 bridgehead atoms. The van der Waals surface area contributed by atoms with Gasteiger partial charge in [0.2, 0.25) is 0 Å². The molecule has 0 N–H and O–H groups in total. The van der Waals surface area contributed by atoms with E-state index in [1.54, 1.807) is 17.8 Å². The lowest BCUT2D eigenvalue weighted by Gasteiger charge is -2.18. The van der Waals surface area contributed by atoms with Gasteiger partial charge in [0.05, 0.1) is 12.0 Å². The van der Waals surface area contributed by atoms with E-state index in [2.05, 4.69) is 4.74 Å². The third-order valence-electron chi connectivity index (χ3n) is 3.91. The van der Waals surface area contributed by atoms with Crippen molar-refractivity contribution in [2.45, 2.75) is 22.8 Å². The van der Waals surface area contributed by atoms with Crippen LogP contribution in [0.5, 0.6) is 0 Å². The van der Waals surface area contributed by atoms with Gasteiger partial charge in [-0.1, -0.05) is 42.1 Å². The van der Waals surface area contributed by atoms with Gasteiger partial charge >= 0.3 is 5.97 Å². The van der Waals surface area contributed by atoms with Crippen LogP contribution in [0.2, 0.25) is 0 Å². The number of imide groups is 1. The van der Waals surface area contributed by atoms with Gasteiger partial charge < -0.3 is 4.74 Å². The average Bonchev–Trinajstić information content (AvgIpc) is 2.96. The smallest absolute Gasteiger partial charge is 0.328 e. The molecule has 1 heterocycles. The molecule has 5 nitrogen and oxygen atoms in total. The number of benzene rings is 2. The molecule has 1 atom stereocenters. The first kappa shape index (κ1) is 19.3. The maximum atomic E-state index is 12.5. The molecule has 0 saturated carbocycles. The van der Waals surface area contributed by atoms with E-state index >= 15 is 0 Å². The summed E-state index contributed by atoms with van der Waals surface area (Å²) in [6, 6.07) is 16.8. The molecular formula is C20H17NO4S2. The van der Waals surface area contributed by atoms with Crippen LogP contribution in [0.25, 0.3) is 6.08 Å². The largest absolute Gasteiger partial charge is 0.467 e. The van der Waals surface area contributed by atoms with Gasteiger partial charge in [0.1, 0.15) is 6.04 Å². The zero-order valence-corrected chi connectivity index (χ0v) is 16.4. The van der Waals surface area contributed by atoms with Crippen molar-refractivity contribution >= 4 is 46.7 Å². The Morgan fingerprint density at radius 2 is 1.70 bits per heavy atom.